The van der Waals surface area contributed by atoms with Gasteiger partial charge in [0.1, 0.15) is 16.3 Å². The second kappa shape index (κ2) is 5.37. The predicted molar refractivity (Wildman–Crippen MR) is 70.4 cm³/mol. The van der Waals surface area contributed by atoms with Gasteiger partial charge >= 0.3 is 5.97 Å². The molecule has 0 saturated carbocycles. The molecule has 4 nitrogen and oxygen atoms in total. The third kappa shape index (κ3) is 2.80. The van der Waals surface area contributed by atoms with Crippen molar-refractivity contribution in [1.82, 2.24) is 4.98 Å². The Kier molecular flexibility index (Phi) is 3.84. The topological polar surface area (TPSA) is 59.4 Å². The van der Waals surface area contributed by atoms with Crippen LogP contribution in [-0.4, -0.2) is 16.1 Å². The van der Waals surface area contributed by atoms with Gasteiger partial charge in [-0.2, -0.15) is 0 Å². The lowest BCUT2D eigenvalue weighted by Gasteiger charge is -2.08. The van der Waals surface area contributed by atoms with Crippen LogP contribution in [0, 0.1) is 0 Å². The fraction of sp³-hybridized carbons (Fsp3) is 0. The summed E-state index contributed by atoms with van der Waals surface area (Å²) in [5, 5.41) is 9.31. The number of carboxylic acid groups (broad SMARTS) is 1. The Labute approximate surface area is 116 Å². The number of para-hydroxylation sites is 1. The smallest absolute Gasteiger partial charge is 0.339 e. The van der Waals surface area contributed by atoms with E-state index in [2.05, 4.69) is 20.9 Å². The van der Waals surface area contributed by atoms with E-state index in [4.69, 9.17) is 21.4 Å². The molecule has 1 N–H and O–H groups in total. The number of aromatic carboxylic acids is 1. The minimum atomic E-state index is -1.07. The first-order chi connectivity index (χ1) is 8.58. The summed E-state index contributed by atoms with van der Waals surface area (Å²) in [6, 6.07) is 7.91. The van der Waals surface area contributed by atoms with Gasteiger partial charge < -0.3 is 9.84 Å². The number of nitrogens with zero attached hydrogens (tertiary/aromatic N) is 1. The third-order valence-corrected chi connectivity index (χ3v) is 2.80. The lowest BCUT2D eigenvalue weighted by Crippen LogP contribution is -2.00. The average Bonchev–Trinajstić information content (AvgIpc) is 2.33. The number of hydrogen-bond donors (Lipinski definition) is 1. The Morgan fingerprint density at radius 3 is 2.78 bits per heavy atom. The Balaban J connectivity index is 2.37. The average molecular weight is 329 g/mol. The van der Waals surface area contributed by atoms with Gasteiger partial charge in [-0.15, -0.1) is 0 Å². The molecule has 0 aliphatic heterocycles. The summed E-state index contributed by atoms with van der Waals surface area (Å²) in [5.74, 6) is -0.714. The van der Waals surface area contributed by atoms with Crippen LogP contribution in [0.3, 0.4) is 0 Å². The van der Waals surface area contributed by atoms with Crippen LogP contribution in [0.2, 0.25) is 5.02 Å². The number of benzene rings is 1. The first-order valence-electron chi connectivity index (χ1n) is 4.89. The Morgan fingerprint density at radius 1 is 1.39 bits per heavy atom. The van der Waals surface area contributed by atoms with Gasteiger partial charge in [-0.3, -0.25) is 0 Å². The zero-order chi connectivity index (χ0) is 13.1. The minimum absolute atomic E-state index is 0.0540. The number of hydrogen-bond acceptors (Lipinski definition) is 3. The number of ether oxygens (including phenoxy) is 1. The number of pyridine rings is 1. The van der Waals surface area contributed by atoms with E-state index >= 15 is 0 Å². The molecule has 0 atom stereocenters. The third-order valence-electron chi connectivity index (χ3n) is 2.10. The van der Waals surface area contributed by atoms with Crippen LogP contribution in [0.5, 0.6) is 11.6 Å². The maximum absolute atomic E-state index is 11.0. The molecule has 0 amide bonds. The number of halogens is 2. The molecule has 0 fully saturated rings. The van der Waals surface area contributed by atoms with Crippen LogP contribution in [0.25, 0.3) is 0 Å². The van der Waals surface area contributed by atoms with Crippen molar-refractivity contribution in [1.29, 1.82) is 0 Å². The molecule has 0 aliphatic carbocycles. The van der Waals surface area contributed by atoms with E-state index < -0.39 is 5.97 Å². The molecule has 6 heteroatoms. The highest BCUT2D eigenvalue weighted by molar-refractivity contribution is 9.10. The van der Waals surface area contributed by atoms with Gasteiger partial charge in [-0.25, -0.2) is 9.78 Å². The van der Waals surface area contributed by atoms with Crippen molar-refractivity contribution < 1.29 is 14.6 Å². The van der Waals surface area contributed by atoms with Gasteiger partial charge in [0.2, 0.25) is 5.88 Å². The maximum atomic E-state index is 11.0. The molecule has 1 aromatic carbocycles. The maximum Gasteiger partial charge on any atom is 0.339 e. The number of carbonyl (C=O) groups is 1. The van der Waals surface area contributed by atoms with Crippen molar-refractivity contribution in [3.63, 3.8) is 0 Å². The molecular weight excluding hydrogens is 321 g/mol. The Morgan fingerprint density at radius 2 is 2.11 bits per heavy atom. The molecule has 92 valence electrons. The molecule has 0 unspecified atom stereocenters. The van der Waals surface area contributed by atoms with Crippen LogP contribution in [0.1, 0.15) is 10.4 Å². The molecule has 0 spiro atoms. The first kappa shape index (κ1) is 12.9. The second-order valence-electron chi connectivity index (χ2n) is 3.34. The van der Waals surface area contributed by atoms with Crippen molar-refractivity contribution >= 4 is 33.5 Å². The summed E-state index contributed by atoms with van der Waals surface area (Å²) < 4.78 is 6.13. The minimum Gasteiger partial charge on any atom is -0.478 e. The summed E-state index contributed by atoms with van der Waals surface area (Å²) in [6.45, 7) is 0. The molecule has 0 bridgehead atoms. The van der Waals surface area contributed by atoms with E-state index in [1.54, 1.807) is 24.3 Å². The van der Waals surface area contributed by atoms with E-state index in [-0.39, 0.29) is 17.2 Å². The molecule has 1 aromatic heterocycles. The summed E-state index contributed by atoms with van der Waals surface area (Å²) in [5.41, 5.74) is 0.0540. The molecule has 0 saturated heterocycles. The van der Waals surface area contributed by atoms with E-state index in [1.165, 1.54) is 12.3 Å². The van der Waals surface area contributed by atoms with Gasteiger partial charge in [-0.1, -0.05) is 23.7 Å². The highest BCUT2D eigenvalue weighted by Crippen LogP contribution is 2.30. The lowest BCUT2D eigenvalue weighted by atomic mass is 10.2. The summed E-state index contributed by atoms with van der Waals surface area (Å²) >= 11 is 9.17. The van der Waals surface area contributed by atoms with Gasteiger partial charge in [0, 0.05) is 10.7 Å². The molecular formula is C12H7BrClNO3. The normalized spacial score (nSPS) is 10.1. The Bertz CT molecular complexity index is 604. The lowest BCUT2D eigenvalue weighted by molar-refractivity contribution is 0.0694. The SMILES string of the molecule is O=C(O)c1ccccc1Oc1ncc(Br)cc1Cl. The summed E-state index contributed by atoms with van der Waals surface area (Å²) in [7, 11) is 0. The van der Waals surface area contributed by atoms with Crippen LogP contribution in [0.15, 0.2) is 41.0 Å². The van der Waals surface area contributed by atoms with E-state index in [9.17, 15) is 4.79 Å². The van der Waals surface area contributed by atoms with Crippen molar-refractivity contribution in [2.75, 3.05) is 0 Å². The molecule has 2 rings (SSSR count). The zero-order valence-electron chi connectivity index (χ0n) is 8.93. The standard InChI is InChI=1S/C12H7BrClNO3/c13-7-5-9(14)11(15-6-7)18-10-4-2-1-3-8(10)12(16)17/h1-6H,(H,16,17). The van der Waals surface area contributed by atoms with Crippen molar-refractivity contribution in [3.8, 4) is 11.6 Å². The van der Waals surface area contributed by atoms with E-state index in [0.717, 1.165) is 0 Å². The van der Waals surface area contributed by atoms with Gasteiger partial charge in [0.25, 0.3) is 0 Å². The predicted octanol–water partition coefficient (Wildman–Crippen LogP) is 3.99. The van der Waals surface area contributed by atoms with Crippen LogP contribution in [0.4, 0.5) is 0 Å². The monoisotopic (exact) mass is 327 g/mol. The number of aromatic nitrogens is 1. The molecule has 1 heterocycles. The van der Waals surface area contributed by atoms with Crippen molar-refractivity contribution in [3.05, 3.63) is 51.6 Å². The summed E-state index contributed by atoms with van der Waals surface area (Å²) in [4.78, 5) is 15.0. The van der Waals surface area contributed by atoms with Crippen LogP contribution in [-0.2, 0) is 0 Å². The fourth-order valence-electron chi connectivity index (χ4n) is 1.31. The van der Waals surface area contributed by atoms with E-state index in [1.807, 2.05) is 0 Å². The van der Waals surface area contributed by atoms with Gasteiger partial charge in [-0.05, 0) is 34.1 Å². The zero-order valence-corrected chi connectivity index (χ0v) is 11.3. The van der Waals surface area contributed by atoms with Crippen LogP contribution < -0.4 is 4.74 Å². The highest BCUT2D eigenvalue weighted by atomic mass is 79.9. The summed E-state index contributed by atoms with van der Waals surface area (Å²) in [6.07, 6.45) is 1.52. The van der Waals surface area contributed by atoms with Gasteiger partial charge in [0.15, 0.2) is 0 Å². The van der Waals surface area contributed by atoms with Crippen molar-refractivity contribution in [2.24, 2.45) is 0 Å². The number of carboxylic acids is 1. The number of rotatable bonds is 3. The molecule has 0 radical (unpaired) electrons. The van der Waals surface area contributed by atoms with Crippen molar-refractivity contribution in [2.45, 2.75) is 0 Å². The molecule has 18 heavy (non-hydrogen) atoms. The molecule has 0 aliphatic rings. The fourth-order valence-corrected chi connectivity index (χ4v) is 1.98. The quantitative estimate of drug-likeness (QED) is 0.925. The molecule has 2 aromatic rings. The van der Waals surface area contributed by atoms with E-state index in [0.29, 0.717) is 9.50 Å². The highest BCUT2D eigenvalue weighted by Gasteiger charge is 2.13. The second-order valence-corrected chi connectivity index (χ2v) is 4.67. The van der Waals surface area contributed by atoms with Crippen LogP contribution >= 0.6 is 27.5 Å². The first-order valence-corrected chi connectivity index (χ1v) is 6.06. The largest absolute Gasteiger partial charge is 0.478 e. The van der Waals surface area contributed by atoms with Gasteiger partial charge in [0.05, 0.1) is 0 Å². The Hall–Kier alpha value is -1.59.